The van der Waals surface area contributed by atoms with Crippen LogP contribution in [0, 0.1) is 5.92 Å². The van der Waals surface area contributed by atoms with Gasteiger partial charge in [-0.2, -0.15) is 0 Å². The van der Waals surface area contributed by atoms with Crippen molar-refractivity contribution >= 4 is 33.6 Å². The summed E-state index contributed by atoms with van der Waals surface area (Å²) in [6, 6.07) is 7.64. The van der Waals surface area contributed by atoms with E-state index in [0.29, 0.717) is 23.4 Å². The topological polar surface area (TPSA) is 85.8 Å². The minimum absolute atomic E-state index is 0.0378. The highest BCUT2D eigenvalue weighted by atomic mass is 79.9. The van der Waals surface area contributed by atoms with Crippen LogP contribution < -0.4 is 11.2 Å². The number of thioether (sulfide) groups is 1. The monoisotopic (exact) mass is 383 g/mol. The number of benzene rings is 1. The quantitative estimate of drug-likeness (QED) is 0.590. The van der Waals surface area contributed by atoms with Gasteiger partial charge in [-0.3, -0.25) is 4.79 Å². The summed E-state index contributed by atoms with van der Waals surface area (Å²) in [5.41, 5.74) is 0.855. The summed E-state index contributed by atoms with van der Waals surface area (Å²) in [5, 5.41) is 11.5. The first-order valence-corrected chi connectivity index (χ1v) is 8.61. The number of hydrogen-bond acceptors (Lipinski definition) is 5. The molecule has 0 aliphatic rings. The molecule has 3 N–H and O–H groups in total. The Morgan fingerprint density at radius 3 is 2.82 bits per heavy atom. The lowest BCUT2D eigenvalue weighted by molar-refractivity contribution is -0.118. The number of nitrogens with one attached hydrogen (secondary N) is 1. The van der Waals surface area contributed by atoms with Crippen molar-refractivity contribution in [3.63, 3.8) is 0 Å². The van der Waals surface area contributed by atoms with Gasteiger partial charge in [0.1, 0.15) is 0 Å². The van der Waals surface area contributed by atoms with Crippen LogP contribution in [0.3, 0.4) is 0 Å². The molecule has 0 saturated heterocycles. The highest BCUT2D eigenvalue weighted by molar-refractivity contribution is 9.10. The van der Waals surface area contributed by atoms with E-state index in [1.807, 2.05) is 38.1 Å². The third-order valence-corrected chi connectivity index (χ3v) is 4.45. The number of aromatic nitrogens is 3. The molecule has 1 aromatic heterocycles. The Balaban J connectivity index is 2.03. The molecule has 2 rings (SSSR count). The Bertz CT molecular complexity index is 658. The van der Waals surface area contributed by atoms with Gasteiger partial charge in [0.15, 0.2) is 5.82 Å². The molecule has 0 saturated carbocycles. The molecule has 0 aliphatic heterocycles. The van der Waals surface area contributed by atoms with Gasteiger partial charge in [0, 0.05) is 16.6 Å². The second-order valence-corrected chi connectivity index (χ2v) is 6.94. The van der Waals surface area contributed by atoms with Crippen molar-refractivity contribution in [2.45, 2.75) is 19.0 Å². The Labute approximate surface area is 142 Å². The summed E-state index contributed by atoms with van der Waals surface area (Å²) >= 11 is 4.73. The van der Waals surface area contributed by atoms with E-state index in [1.54, 1.807) is 0 Å². The van der Waals surface area contributed by atoms with E-state index < -0.39 is 0 Å². The summed E-state index contributed by atoms with van der Waals surface area (Å²) in [4.78, 5) is 11.7. The maximum Gasteiger partial charge on any atom is 0.230 e. The van der Waals surface area contributed by atoms with E-state index in [4.69, 9.17) is 5.84 Å². The summed E-state index contributed by atoms with van der Waals surface area (Å²) in [7, 11) is 0. The zero-order chi connectivity index (χ0) is 16.1. The smallest absolute Gasteiger partial charge is 0.230 e. The molecule has 1 amide bonds. The molecule has 0 bridgehead atoms. The molecule has 2 aromatic rings. The van der Waals surface area contributed by atoms with Gasteiger partial charge in [-0.15, -0.1) is 10.2 Å². The van der Waals surface area contributed by atoms with Crippen LogP contribution in [-0.2, 0) is 4.79 Å². The minimum Gasteiger partial charge on any atom is -0.355 e. The zero-order valence-electron chi connectivity index (χ0n) is 12.4. The Morgan fingerprint density at radius 1 is 1.41 bits per heavy atom. The van der Waals surface area contributed by atoms with Crippen molar-refractivity contribution in [3.8, 4) is 11.4 Å². The van der Waals surface area contributed by atoms with Gasteiger partial charge < -0.3 is 11.2 Å². The molecule has 8 heteroatoms. The van der Waals surface area contributed by atoms with Crippen molar-refractivity contribution < 1.29 is 4.79 Å². The normalized spacial score (nSPS) is 10.9. The third-order valence-electron chi connectivity index (χ3n) is 2.82. The molecule has 6 nitrogen and oxygen atoms in total. The first kappa shape index (κ1) is 16.8. The van der Waals surface area contributed by atoms with Gasteiger partial charge >= 0.3 is 0 Å². The van der Waals surface area contributed by atoms with Crippen molar-refractivity contribution in [2.75, 3.05) is 18.1 Å². The Morgan fingerprint density at radius 2 is 2.14 bits per heavy atom. The van der Waals surface area contributed by atoms with Crippen LogP contribution in [0.25, 0.3) is 11.4 Å². The molecule has 1 aromatic carbocycles. The van der Waals surface area contributed by atoms with Gasteiger partial charge in [-0.05, 0) is 18.1 Å². The van der Waals surface area contributed by atoms with Crippen molar-refractivity contribution in [3.05, 3.63) is 28.7 Å². The van der Waals surface area contributed by atoms with Gasteiger partial charge in [0.05, 0.1) is 5.75 Å². The second-order valence-electron chi connectivity index (χ2n) is 5.14. The van der Waals surface area contributed by atoms with Crippen LogP contribution >= 0.6 is 27.7 Å². The lowest BCUT2D eigenvalue weighted by Gasteiger charge is -2.07. The van der Waals surface area contributed by atoms with E-state index in [1.165, 1.54) is 16.4 Å². The van der Waals surface area contributed by atoms with Crippen LogP contribution in [0.15, 0.2) is 33.9 Å². The molecule has 118 valence electrons. The number of carbonyl (C=O) groups is 1. The summed E-state index contributed by atoms with van der Waals surface area (Å²) in [6.07, 6.45) is 0. The van der Waals surface area contributed by atoms with E-state index >= 15 is 0 Å². The zero-order valence-corrected chi connectivity index (χ0v) is 14.8. The van der Waals surface area contributed by atoms with Crippen LogP contribution in [0.5, 0.6) is 0 Å². The van der Waals surface area contributed by atoms with Crippen LogP contribution in [0.1, 0.15) is 13.8 Å². The van der Waals surface area contributed by atoms with E-state index in [0.717, 1.165) is 10.0 Å². The average Bonchev–Trinajstić information content (AvgIpc) is 2.84. The van der Waals surface area contributed by atoms with Crippen LogP contribution in [0.4, 0.5) is 0 Å². The molecular weight excluding hydrogens is 366 g/mol. The average molecular weight is 384 g/mol. The highest BCUT2D eigenvalue weighted by Crippen LogP contribution is 2.27. The number of nitrogen functional groups attached to an aromatic ring is 1. The fourth-order valence-corrected chi connectivity index (χ4v) is 2.85. The van der Waals surface area contributed by atoms with Crippen molar-refractivity contribution in [1.29, 1.82) is 0 Å². The van der Waals surface area contributed by atoms with Crippen LogP contribution in [0.2, 0.25) is 0 Å². The number of carbonyl (C=O) groups excluding carboxylic acids is 1. The van der Waals surface area contributed by atoms with Gasteiger partial charge in [0.25, 0.3) is 0 Å². The number of halogens is 1. The molecule has 1 heterocycles. The van der Waals surface area contributed by atoms with Crippen molar-refractivity contribution in [2.24, 2.45) is 5.92 Å². The lowest BCUT2D eigenvalue weighted by atomic mass is 10.2. The van der Waals surface area contributed by atoms with E-state index in [2.05, 4.69) is 31.4 Å². The van der Waals surface area contributed by atoms with E-state index in [9.17, 15) is 4.79 Å². The fraction of sp³-hybridized carbons (Fsp3) is 0.357. The molecule has 0 unspecified atom stereocenters. The molecule has 0 fully saturated rings. The standard InChI is InChI=1S/C14H18BrN5OS/c1-9(2)7-17-12(21)8-22-14-19-18-13(20(14)16)10-5-3-4-6-11(10)15/h3-6,9H,7-8,16H2,1-2H3,(H,17,21). The van der Waals surface area contributed by atoms with Gasteiger partial charge in [-0.1, -0.05) is 53.7 Å². The maximum atomic E-state index is 11.7. The number of amides is 1. The molecule has 22 heavy (non-hydrogen) atoms. The number of nitrogens with zero attached hydrogens (tertiary/aromatic N) is 3. The Hall–Kier alpha value is -1.54. The van der Waals surface area contributed by atoms with Crippen LogP contribution in [-0.4, -0.2) is 33.1 Å². The summed E-state index contributed by atoms with van der Waals surface area (Å²) in [6.45, 7) is 4.76. The second kappa shape index (κ2) is 7.64. The van der Waals surface area contributed by atoms with Gasteiger partial charge in [0.2, 0.25) is 11.1 Å². The maximum absolute atomic E-state index is 11.7. The highest BCUT2D eigenvalue weighted by Gasteiger charge is 2.15. The molecular formula is C14H18BrN5OS. The lowest BCUT2D eigenvalue weighted by Crippen LogP contribution is -2.29. The van der Waals surface area contributed by atoms with E-state index in [-0.39, 0.29) is 11.7 Å². The number of nitrogens with two attached hydrogens (primary N) is 1. The predicted molar refractivity (Wildman–Crippen MR) is 91.9 cm³/mol. The number of hydrogen-bond donors (Lipinski definition) is 2. The first-order chi connectivity index (χ1) is 10.5. The Kier molecular flexibility index (Phi) is 5.84. The van der Waals surface area contributed by atoms with Gasteiger partial charge in [-0.25, -0.2) is 4.68 Å². The molecule has 0 spiro atoms. The number of rotatable bonds is 6. The predicted octanol–water partition coefficient (Wildman–Crippen LogP) is 2.29. The first-order valence-electron chi connectivity index (χ1n) is 6.84. The summed E-state index contributed by atoms with van der Waals surface area (Å²) in [5.74, 6) is 7.23. The summed E-state index contributed by atoms with van der Waals surface area (Å²) < 4.78 is 2.29. The molecule has 0 aliphatic carbocycles. The third kappa shape index (κ3) is 4.23. The largest absolute Gasteiger partial charge is 0.355 e. The molecule has 0 radical (unpaired) electrons. The fourth-order valence-electron chi connectivity index (χ4n) is 1.70. The SMILES string of the molecule is CC(C)CNC(=O)CSc1nnc(-c2ccccc2Br)n1N. The van der Waals surface area contributed by atoms with Crippen molar-refractivity contribution in [1.82, 2.24) is 20.2 Å². The molecule has 0 atom stereocenters. The minimum atomic E-state index is -0.0378.